The summed E-state index contributed by atoms with van der Waals surface area (Å²) < 4.78 is 7.31. The summed E-state index contributed by atoms with van der Waals surface area (Å²) in [4.78, 5) is 36.3. The Morgan fingerprint density at radius 2 is 1.95 bits per heavy atom. The lowest BCUT2D eigenvalue weighted by molar-refractivity contribution is 0.0694. The molecule has 0 radical (unpaired) electrons. The zero-order valence-electron chi connectivity index (χ0n) is 10.5. The second-order valence-corrected chi connectivity index (χ2v) is 5.62. The van der Waals surface area contributed by atoms with Crippen LogP contribution in [0.25, 0.3) is 5.69 Å². The average molecular weight is 420 g/mol. The Balaban J connectivity index is 2.78. The van der Waals surface area contributed by atoms with Crippen LogP contribution in [0.1, 0.15) is 10.4 Å². The van der Waals surface area contributed by atoms with Crippen LogP contribution in [-0.4, -0.2) is 27.7 Å². The molecule has 1 aromatic carbocycles. The van der Waals surface area contributed by atoms with E-state index in [4.69, 9.17) is 9.84 Å². The molecule has 2 aromatic rings. The molecule has 1 aromatic heterocycles. The van der Waals surface area contributed by atoms with Crippen LogP contribution in [0.2, 0.25) is 0 Å². The van der Waals surface area contributed by atoms with Gasteiger partial charge in [-0.2, -0.15) is 0 Å². The molecule has 21 heavy (non-hydrogen) atoms. The highest BCUT2D eigenvalue weighted by molar-refractivity contribution is 9.11. The van der Waals surface area contributed by atoms with Crippen molar-refractivity contribution >= 4 is 37.8 Å². The van der Waals surface area contributed by atoms with Gasteiger partial charge in [-0.25, -0.2) is 9.59 Å². The second-order valence-electron chi connectivity index (χ2n) is 3.92. The number of ether oxygens (including phenoxy) is 1. The first-order valence-electron chi connectivity index (χ1n) is 5.48. The van der Waals surface area contributed by atoms with Crippen LogP contribution in [0.5, 0.6) is 5.75 Å². The summed E-state index contributed by atoms with van der Waals surface area (Å²) in [5.74, 6) is -0.978. The Morgan fingerprint density at radius 3 is 2.52 bits per heavy atom. The summed E-state index contributed by atoms with van der Waals surface area (Å²) in [6.45, 7) is 0. The first-order valence-corrected chi connectivity index (χ1v) is 7.06. The first kappa shape index (κ1) is 15.5. The van der Waals surface area contributed by atoms with Gasteiger partial charge in [0.05, 0.1) is 17.3 Å². The number of nitrogens with one attached hydrogen (secondary N) is 1. The Kier molecular flexibility index (Phi) is 4.33. The summed E-state index contributed by atoms with van der Waals surface area (Å²) in [6, 6.07) is 3.17. The van der Waals surface area contributed by atoms with E-state index in [0.717, 1.165) is 10.8 Å². The van der Waals surface area contributed by atoms with E-state index in [1.165, 1.54) is 13.2 Å². The molecule has 0 fully saturated rings. The largest absolute Gasteiger partial charge is 0.495 e. The molecule has 0 bridgehead atoms. The number of nitrogens with zero attached hydrogens (tertiary/aromatic N) is 1. The van der Waals surface area contributed by atoms with E-state index in [1.807, 2.05) is 4.98 Å². The maximum Gasteiger partial charge on any atom is 0.342 e. The number of carboxylic acid groups (broad SMARTS) is 1. The zero-order valence-corrected chi connectivity index (χ0v) is 13.7. The maximum atomic E-state index is 11.9. The number of aromatic amines is 1. The van der Waals surface area contributed by atoms with Crippen LogP contribution >= 0.6 is 31.9 Å². The minimum atomic E-state index is -1.43. The van der Waals surface area contributed by atoms with Gasteiger partial charge in [-0.3, -0.25) is 14.3 Å². The van der Waals surface area contributed by atoms with Gasteiger partial charge in [-0.1, -0.05) is 0 Å². The lowest BCUT2D eigenvalue weighted by Crippen LogP contribution is -2.32. The number of halogens is 2. The van der Waals surface area contributed by atoms with Gasteiger partial charge in [0.2, 0.25) is 0 Å². The third-order valence-electron chi connectivity index (χ3n) is 2.65. The number of H-pyrrole nitrogens is 1. The third kappa shape index (κ3) is 2.93. The number of carbonyl (C=O) groups is 1. The fourth-order valence-corrected chi connectivity index (χ4v) is 3.01. The maximum absolute atomic E-state index is 11.9. The Hall–Kier alpha value is -1.87. The SMILES string of the molecule is COc1cc(-n2cc(C(=O)O)c(=O)[nH]c2=O)c(Br)cc1Br. The summed E-state index contributed by atoms with van der Waals surface area (Å²) in [5.41, 5.74) is -1.92. The molecule has 0 saturated carbocycles. The number of hydrogen-bond donors (Lipinski definition) is 2. The number of hydrogen-bond acceptors (Lipinski definition) is 4. The molecule has 1 heterocycles. The number of carboxylic acids is 1. The van der Waals surface area contributed by atoms with Crippen LogP contribution in [0, 0.1) is 0 Å². The number of benzene rings is 1. The summed E-state index contributed by atoms with van der Waals surface area (Å²) in [6.07, 6.45) is 0.969. The topological polar surface area (TPSA) is 101 Å². The van der Waals surface area contributed by atoms with Crippen molar-refractivity contribution in [3.05, 3.63) is 53.7 Å². The highest BCUT2D eigenvalue weighted by atomic mass is 79.9. The van der Waals surface area contributed by atoms with E-state index in [-0.39, 0.29) is 0 Å². The van der Waals surface area contributed by atoms with Gasteiger partial charge in [0.15, 0.2) is 0 Å². The molecule has 0 saturated heterocycles. The van der Waals surface area contributed by atoms with Gasteiger partial charge in [0.1, 0.15) is 11.3 Å². The first-order chi connectivity index (χ1) is 9.85. The van der Waals surface area contributed by atoms with Crippen LogP contribution < -0.4 is 16.0 Å². The van der Waals surface area contributed by atoms with Gasteiger partial charge in [-0.05, 0) is 37.9 Å². The van der Waals surface area contributed by atoms with Gasteiger partial charge < -0.3 is 9.84 Å². The van der Waals surface area contributed by atoms with E-state index in [1.54, 1.807) is 6.07 Å². The lowest BCUT2D eigenvalue weighted by atomic mass is 10.2. The van der Waals surface area contributed by atoms with Crippen molar-refractivity contribution in [1.82, 2.24) is 9.55 Å². The summed E-state index contributed by atoms with van der Waals surface area (Å²) >= 11 is 6.56. The minimum absolute atomic E-state index is 0.332. The van der Waals surface area contributed by atoms with E-state index in [0.29, 0.717) is 20.4 Å². The quantitative estimate of drug-likeness (QED) is 0.789. The molecule has 110 valence electrons. The van der Waals surface area contributed by atoms with Crippen molar-refractivity contribution in [2.24, 2.45) is 0 Å². The third-order valence-corrected chi connectivity index (χ3v) is 3.91. The van der Waals surface area contributed by atoms with Gasteiger partial charge in [0.25, 0.3) is 5.56 Å². The molecule has 0 aliphatic rings. The minimum Gasteiger partial charge on any atom is -0.495 e. The monoisotopic (exact) mass is 418 g/mol. The van der Waals surface area contributed by atoms with E-state index in [9.17, 15) is 14.4 Å². The van der Waals surface area contributed by atoms with E-state index in [2.05, 4.69) is 31.9 Å². The highest BCUT2D eigenvalue weighted by Gasteiger charge is 2.15. The van der Waals surface area contributed by atoms with Gasteiger partial charge in [0, 0.05) is 16.7 Å². The van der Waals surface area contributed by atoms with Crippen molar-refractivity contribution < 1.29 is 14.6 Å². The standard InChI is InChI=1S/C12H8Br2N2O5/c1-21-9-3-8(6(13)2-7(9)14)16-4-5(11(18)19)10(17)15-12(16)20/h2-4H,1H3,(H,18,19)(H,15,17,20). The number of rotatable bonds is 3. The molecular formula is C12H8Br2N2O5. The van der Waals surface area contributed by atoms with Crippen LogP contribution in [0.4, 0.5) is 0 Å². The smallest absolute Gasteiger partial charge is 0.342 e. The van der Waals surface area contributed by atoms with Crippen LogP contribution in [0.15, 0.2) is 36.9 Å². The molecule has 0 atom stereocenters. The van der Waals surface area contributed by atoms with Gasteiger partial charge >= 0.3 is 11.7 Å². The summed E-state index contributed by atoms with van der Waals surface area (Å²) in [7, 11) is 1.45. The Bertz CT molecular complexity index is 841. The molecule has 0 aliphatic carbocycles. The molecule has 7 nitrogen and oxygen atoms in total. The number of aromatic carboxylic acids is 1. The fraction of sp³-hybridized carbons (Fsp3) is 0.0833. The van der Waals surface area contributed by atoms with Crippen molar-refractivity contribution in [3.63, 3.8) is 0 Å². The molecular weight excluding hydrogens is 412 g/mol. The Morgan fingerprint density at radius 1 is 1.29 bits per heavy atom. The molecule has 0 aliphatic heterocycles. The number of aromatic nitrogens is 2. The van der Waals surface area contributed by atoms with Crippen molar-refractivity contribution in [1.29, 1.82) is 0 Å². The molecule has 2 N–H and O–H groups in total. The van der Waals surface area contributed by atoms with Gasteiger partial charge in [-0.15, -0.1) is 0 Å². The lowest BCUT2D eigenvalue weighted by Gasteiger charge is -2.11. The highest BCUT2D eigenvalue weighted by Crippen LogP contribution is 2.32. The summed E-state index contributed by atoms with van der Waals surface area (Å²) in [5, 5.41) is 8.96. The molecule has 0 amide bonds. The molecule has 0 spiro atoms. The predicted octanol–water partition coefficient (Wildman–Crippen LogP) is 1.76. The normalized spacial score (nSPS) is 10.4. The number of methoxy groups -OCH3 is 1. The predicted molar refractivity (Wildman–Crippen MR) is 81.6 cm³/mol. The van der Waals surface area contributed by atoms with Crippen LogP contribution in [-0.2, 0) is 0 Å². The van der Waals surface area contributed by atoms with Crippen molar-refractivity contribution in [2.75, 3.05) is 7.11 Å². The molecule has 0 unspecified atom stereocenters. The second kappa shape index (κ2) is 5.86. The average Bonchev–Trinajstić information content (AvgIpc) is 2.39. The fourth-order valence-electron chi connectivity index (χ4n) is 1.66. The van der Waals surface area contributed by atoms with Crippen molar-refractivity contribution in [3.8, 4) is 11.4 Å². The molecule has 2 rings (SSSR count). The van der Waals surface area contributed by atoms with Crippen molar-refractivity contribution in [2.45, 2.75) is 0 Å². The van der Waals surface area contributed by atoms with E-state index < -0.39 is 22.8 Å². The molecule has 9 heteroatoms. The zero-order chi connectivity index (χ0) is 15.7. The Labute approximate surface area is 134 Å². The van der Waals surface area contributed by atoms with E-state index >= 15 is 0 Å². The van der Waals surface area contributed by atoms with Crippen LogP contribution in [0.3, 0.4) is 0 Å².